The third-order valence-electron chi connectivity index (χ3n) is 5.85. The summed E-state index contributed by atoms with van der Waals surface area (Å²) >= 11 is 0. The molecule has 32 heavy (non-hydrogen) atoms. The quantitative estimate of drug-likeness (QED) is 0.280. The second-order valence-electron chi connectivity index (χ2n) is 8.30. The number of benzene rings is 1. The zero-order chi connectivity index (χ0) is 22.2. The number of anilines is 1. The molecule has 3 rings (SSSR count). The number of aromatic nitrogens is 1. The topological polar surface area (TPSA) is 95.6 Å². The number of rotatable bonds is 7. The minimum absolute atomic E-state index is 0. The van der Waals surface area contributed by atoms with E-state index in [2.05, 4.69) is 69.7 Å². The lowest BCUT2D eigenvalue weighted by Gasteiger charge is -2.33. The van der Waals surface area contributed by atoms with E-state index in [1.807, 2.05) is 6.07 Å². The van der Waals surface area contributed by atoms with Crippen LogP contribution in [0.25, 0.3) is 0 Å². The van der Waals surface area contributed by atoms with Crippen molar-refractivity contribution in [2.75, 3.05) is 31.6 Å². The van der Waals surface area contributed by atoms with Crippen LogP contribution in [0.2, 0.25) is 0 Å². The fourth-order valence-corrected chi connectivity index (χ4v) is 4.00. The molecular weight excluding hydrogens is 515 g/mol. The summed E-state index contributed by atoms with van der Waals surface area (Å²) in [6.45, 7) is 7.22. The van der Waals surface area contributed by atoms with Crippen LogP contribution in [0.4, 0.5) is 5.82 Å². The second-order valence-corrected chi connectivity index (χ2v) is 8.30. The number of nitrogens with zero attached hydrogens (tertiary/aromatic N) is 3. The minimum Gasteiger partial charge on any atom is -0.369 e. The molecule has 174 valence electrons. The lowest BCUT2D eigenvalue weighted by Crippen LogP contribution is -2.42. The molecule has 0 spiro atoms. The van der Waals surface area contributed by atoms with Gasteiger partial charge in [0.2, 0.25) is 5.91 Å². The summed E-state index contributed by atoms with van der Waals surface area (Å²) in [5, 5.41) is 6.82. The van der Waals surface area contributed by atoms with Crippen LogP contribution < -0.4 is 21.3 Å². The summed E-state index contributed by atoms with van der Waals surface area (Å²) in [4.78, 5) is 22.8. The molecule has 1 aliphatic rings. The Kier molecular flexibility index (Phi) is 10.2. The van der Waals surface area contributed by atoms with E-state index in [9.17, 15) is 4.79 Å². The number of aliphatic imine (C=N–C) groups is 1. The zero-order valence-corrected chi connectivity index (χ0v) is 21.5. The van der Waals surface area contributed by atoms with Crippen molar-refractivity contribution >= 4 is 41.7 Å². The number of aryl methyl sites for hydroxylation is 1. The predicted molar refractivity (Wildman–Crippen MR) is 142 cm³/mol. The number of piperidine rings is 1. The predicted octanol–water partition coefficient (Wildman–Crippen LogP) is 3.18. The van der Waals surface area contributed by atoms with Crippen molar-refractivity contribution in [1.29, 1.82) is 0 Å². The SMILES string of the molecule is CN=C(NCc1cccnc1N1CCCC(C(N)=O)C1)NCC(C)c1cccc(C)c1.I. The lowest BCUT2D eigenvalue weighted by molar-refractivity contribution is -0.122. The monoisotopic (exact) mass is 550 g/mol. The number of primary amides is 1. The maximum atomic E-state index is 11.7. The highest BCUT2D eigenvalue weighted by atomic mass is 127. The van der Waals surface area contributed by atoms with E-state index in [-0.39, 0.29) is 35.8 Å². The third-order valence-corrected chi connectivity index (χ3v) is 5.85. The molecule has 2 unspecified atom stereocenters. The highest BCUT2D eigenvalue weighted by Crippen LogP contribution is 2.24. The highest BCUT2D eigenvalue weighted by molar-refractivity contribution is 14.0. The molecule has 8 heteroatoms. The zero-order valence-electron chi connectivity index (χ0n) is 19.2. The fourth-order valence-electron chi connectivity index (χ4n) is 4.00. The van der Waals surface area contributed by atoms with Gasteiger partial charge in [-0.1, -0.05) is 42.8 Å². The van der Waals surface area contributed by atoms with E-state index < -0.39 is 0 Å². The van der Waals surface area contributed by atoms with E-state index in [1.54, 1.807) is 13.2 Å². The first-order chi connectivity index (χ1) is 15.0. The van der Waals surface area contributed by atoms with Crippen LogP contribution in [0.1, 0.15) is 42.4 Å². The third kappa shape index (κ3) is 7.08. The number of hydrogen-bond acceptors (Lipinski definition) is 4. The van der Waals surface area contributed by atoms with Crippen LogP contribution >= 0.6 is 24.0 Å². The molecule has 1 amide bonds. The summed E-state index contributed by atoms with van der Waals surface area (Å²) < 4.78 is 0. The van der Waals surface area contributed by atoms with Crippen LogP contribution in [0.3, 0.4) is 0 Å². The number of pyridine rings is 1. The van der Waals surface area contributed by atoms with Crippen molar-refractivity contribution in [1.82, 2.24) is 15.6 Å². The van der Waals surface area contributed by atoms with Crippen LogP contribution in [0.15, 0.2) is 47.6 Å². The molecule has 0 radical (unpaired) electrons. The van der Waals surface area contributed by atoms with Gasteiger partial charge in [0.1, 0.15) is 5.82 Å². The van der Waals surface area contributed by atoms with Gasteiger partial charge in [0.05, 0.1) is 5.92 Å². The molecule has 0 saturated carbocycles. The van der Waals surface area contributed by atoms with Crippen molar-refractivity contribution in [3.05, 3.63) is 59.3 Å². The van der Waals surface area contributed by atoms with E-state index in [0.717, 1.165) is 43.3 Å². The number of amides is 1. The molecular formula is C24H35IN6O. The van der Waals surface area contributed by atoms with E-state index in [4.69, 9.17) is 5.73 Å². The number of guanidine groups is 1. The Balaban J connectivity index is 0.00000363. The Hall–Kier alpha value is -2.36. The van der Waals surface area contributed by atoms with Gasteiger partial charge in [-0.3, -0.25) is 9.79 Å². The molecule has 0 bridgehead atoms. The maximum Gasteiger partial charge on any atom is 0.222 e. The van der Waals surface area contributed by atoms with Crippen molar-refractivity contribution in [2.45, 2.75) is 39.2 Å². The van der Waals surface area contributed by atoms with Crippen LogP contribution in [-0.2, 0) is 11.3 Å². The Morgan fingerprint density at radius 2 is 2.12 bits per heavy atom. The first-order valence-electron chi connectivity index (χ1n) is 11.0. The molecule has 1 fully saturated rings. The van der Waals surface area contributed by atoms with Crippen molar-refractivity contribution < 1.29 is 4.79 Å². The van der Waals surface area contributed by atoms with E-state index >= 15 is 0 Å². The average Bonchev–Trinajstić information content (AvgIpc) is 2.79. The standard InChI is InChI=1S/C24H34N6O.HI/c1-17-7-4-8-19(13-17)18(2)14-28-24(26-3)29-15-20-9-5-11-27-23(20)30-12-6-10-21(16-30)22(25)31;/h4-5,7-9,11,13,18,21H,6,10,12,14-16H2,1-3H3,(H2,25,31)(H2,26,28,29);1H. The summed E-state index contributed by atoms with van der Waals surface area (Å²) in [5.74, 6) is 1.68. The summed E-state index contributed by atoms with van der Waals surface area (Å²) in [6.07, 6.45) is 3.59. The fraction of sp³-hybridized carbons (Fsp3) is 0.458. The van der Waals surface area contributed by atoms with Crippen molar-refractivity contribution in [3.8, 4) is 0 Å². The van der Waals surface area contributed by atoms with Gasteiger partial charge in [0.25, 0.3) is 0 Å². The molecule has 2 heterocycles. The van der Waals surface area contributed by atoms with E-state index in [1.165, 1.54) is 11.1 Å². The van der Waals surface area contributed by atoms with Gasteiger partial charge in [0, 0.05) is 45.0 Å². The lowest BCUT2D eigenvalue weighted by atomic mass is 9.97. The van der Waals surface area contributed by atoms with Crippen molar-refractivity contribution in [3.63, 3.8) is 0 Å². The molecule has 1 aromatic heterocycles. The molecule has 4 N–H and O–H groups in total. The highest BCUT2D eigenvalue weighted by Gasteiger charge is 2.26. The minimum atomic E-state index is -0.229. The number of carbonyl (C=O) groups excluding carboxylic acids is 1. The normalized spacial score (nSPS) is 17.3. The number of hydrogen-bond donors (Lipinski definition) is 3. The first kappa shape index (κ1) is 25.9. The van der Waals surface area contributed by atoms with Gasteiger partial charge in [-0.25, -0.2) is 4.98 Å². The van der Waals surface area contributed by atoms with Crippen LogP contribution in [0.5, 0.6) is 0 Å². The second kappa shape index (κ2) is 12.6. The van der Waals surface area contributed by atoms with Gasteiger partial charge in [-0.05, 0) is 37.3 Å². The molecule has 2 atom stereocenters. The van der Waals surface area contributed by atoms with Gasteiger partial charge < -0.3 is 21.3 Å². The number of carbonyl (C=O) groups is 1. The largest absolute Gasteiger partial charge is 0.369 e. The Morgan fingerprint density at radius 1 is 1.31 bits per heavy atom. The maximum absolute atomic E-state index is 11.7. The first-order valence-corrected chi connectivity index (χ1v) is 11.0. The molecule has 1 aromatic carbocycles. The Labute approximate surface area is 208 Å². The molecule has 0 aliphatic carbocycles. The molecule has 2 aromatic rings. The molecule has 1 saturated heterocycles. The van der Waals surface area contributed by atoms with Gasteiger partial charge in [-0.2, -0.15) is 0 Å². The van der Waals surface area contributed by atoms with Gasteiger partial charge >= 0.3 is 0 Å². The van der Waals surface area contributed by atoms with Crippen LogP contribution in [0, 0.1) is 12.8 Å². The summed E-state index contributed by atoms with van der Waals surface area (Å²) in [5.41, 5.74) is 9.20. The summed E-state index contributed by atoms with van der Waals surface area (Å²) in [7, 11) is 1.78. The van der Waals surface area contributed by atoms with Crippen LogP contribution in [-0.4, -0.2) is 43.5 Å². The Bertz CT molecular complexity index is 919. The Morgan fingerprint density at radius 3 is 2.84 bits per heavy atom. The van der Waals surface area contributed by atoms with Gasteiger partial charge in [0.15, 0.2) is 5.96 Å². The molecule has 7 nitrogen and oxygen atoms in total. The van der Waals surface area contributed by atoms with Crippen molar-refractivity contribution in [2.24, 2.45) is 16.6 Å². The number of nitrogens with one attached hydrogen (secondary N) is 2. The number of nitrogens with two attached hydrogens (primary N) is 1. The average molecular weight is 550 g/mol. The summed E-state index contributed by atoms with van der Waals surface area (Å²) in [6, 6.07) is 12.6. The van der Waals surface area contributed by atoms with Gasteiger partial charge in [-0.15, -0.1) is 24.0 Å². The number of halogens is 1. The molecule has 1 aliphatic heterocycles. The van der Waals surface area contributed by atoms with E-state index in [0.29, 0.717) is 19.0 Å². The smallest absolute Gasteiger partial charge is 0.222 e.